The van der Waals surface area contributed by atoms with E-state index >= 15 is 0 Å². The van der Waals surface area contributed by atoms with Crippen molar-refractivity contribution in [1.29, 1.82) is 0 Å². The second kappa shape index (κ2) is 7.41. The first-order valence-corrected chi connectivity index (χ1v) is 7.87. The molecule has 1 N–H and O–H groups in total. The van der Waals surface area contributed by atoms with Crippen molar-refractivity contribution in [2.45, 2.75) is 39.2 Å². The topological polar surface area (TPSA) is 55.1 Å². The summed E-state index contributed by atoms with van der Waals surface area (Å²) in [5, 5.41) is 2.93. The smallest absolute Gasteiger partial charge is 0.220 e. The molecule has 0 radical (unpaired) electrons. The molecule has 1 atom stereocenters. The minimum absolute atomic E-state index is 0.0349. The number of benzene rings is 1. The number of amides is 1. The van der Waals surface area contributed by atoms with Gasteiger partial charge in [-0.3, -0.25) is 4.79 Å². The van der Waals surface area contributed by atoms with Gasteiger partial charge < -0.3 is 9.73 Å². The van der Waals surface area contributed by atoms with E-state index in [-0.39, 0.29) is 11.9 Å². The molecule has 2 rings (SSSR count). The highest BCUT2D eigenvalue weighted by Crippen LogP contribution is 2.22. The lowest BCUT2D eigenvalue weighted by Crippen LogP contribution is -2.32. The number of rotatable bonds is 6. The SMILES string of the molecule is CC[C@@H](C)NC(=O)CCc1ncc(-c2ccc(Br)cc2)o1. The van der Waals surface area contributed by atoms with Crippen molar-refractivity contribution in [2.24, 2.45) is 0 Å². The summed E-state index contributed by atoms with van der Waals surface area (Å²) in [7, 11) is 0. The zero-order chi connectivity index (χ0) is 15.2. The Morgan fingerprint density at radius 3 is 2.76 bits per heavy atom. The lowest BCUT2D eigenvalue weighted by atomic mass is 10.2. The maximum Gasteiger partial charge on any atom is 0.220 e. The Morgan fingerprint density at radius 1 is 1.38 bits per heavy atom. The van der Waals surface area contributed by atoms with Gasteiger partial charge in [0, 0.05) is 28.9 Å². The third kappa shape index (κ3) is 4.70. The molecule has 0 aliphatic carbocycles. The van der Waals surface area contributed by atoms with Gasteiger partial charge in [-0.2, -0.15) is 0 Å². The van der Waals surface area contributed by atoms with E-state index in [0.29, 0.717) is 18.7 Å². The van der Waals surface area contributed by atoms with Crippen molar-refractivity contribution in [3.05, 3.63) is 40.8 Å². The van der Waals surface area contributed by atoms with Gasteiger partial charge in [0.05, 0.1) is 6.20 Å². The van der Waals surface area contributed by atoms with Gasteiger partial charge in [0.25, 0.3) is 0 Å². The van der Waals surface area contributed by atoms with Crippen LogP contribution in [0.2, 0.25) is 0 Å². The number of hydrogen-bond acceptors (Lipinski definition) is 3. The maximum absolute atomic E-state index is 11.7. The first-order valence-electron chi connectivity index (χ1n) is 7.08. The maximum atomic E-state index is 11.7. The number of hydrogen-bond donors (Lipinski definition) is 1. The molecule has 0 fully saturated rings. The summed E-state index contributed by atoms with van der Waals surface area (Å²) >= 11 is 3.40. The zero-order valence-electron chi connectivity index (χ0n) is 12.2. The Morgan fingerprint density at radius 2 is 2.10 bits per heavy atom. The molecule has 0 spiro atoms. The van der Waals surface area contributed by atoms with Crippen molar-refractivity contribution in [1.82, 2.24) is 10.3 Å². The van der Waals surface area contributed by atoms with E-state index < -0.39 is 0 Å². The molecule has 1 aromatic carbocycles. The van der Waals surface area contributed by atoms with Crippen LogP contribution >= 0.6 is 15.9 Å². The molecule has 1 amide bonds. The molecular formula is C16H19BrN2O2. The molecule has 0 aliphatic rings. The lowest BCUT2D eigenvalue weighted by Gasteiger charge is -2.10. The summed E-state index contributed by atoms with van der Waals surface area (Å²) in [6.45, 7) is 4.04. The van der Waals surface area contributed by atoms with E-state index in [1.807, 2.05) is 38.1 Å². The number of halogens is 1. The van der Waals surface area contributed by atoms with Gasteiger partial charge in [0.1, 0.15) is 0 Å². The van der Waals surface area contributed by atoms with Crippen molar-refractivity contribution in [3.8, 4) is 11.3 Å². The molecule has 1 aromatic heterocycles. The van der Waals surface area contributed by atoms with Crippen LogP contribution in [-0.4, -0.2) is 16.9 Å². The predicted octanol–water partition coefficient (Wildman–Crippen LogP) is 3.95. The van der Waals surface area contributed by atoms with Crippen LogP contribution < -0.4 is 5.32 Å². The highest BCUT2D eigenvalue weighted by molar-refractivity contribution is 9.10. The number of carbonyl (C=O) groups excluding carboxylic acids is 1. The Labute approximate surface area is 133 Å². The van der Waals surface area contributed by atoms with E-state index in [1.165, 1.54) is 0 Å². The fraction of sp³-hybridized carbons (Fsp3) is 0.375. The first-order chi connectivity index (χ1) is 10.1. The van der Waals surface area contributed by atoms with Crippen LogP contribution in [0.3, 0.4) is 0 Å². The van der Waals surface area contributed by atoms with Crippen LogP contribution in [-0.2, 0) is 11.2 Å². The van der Waals surface area contributed by atoms with E-state index in [4.69, 9.17) is 4.42 Å². The van der Waals surface area contributed by atoms with Crippen molar-refractivity contribution >= 4 is 21.8 Å². The molecule has 2 aromatic rings. The number of carbonyl (C=O) groups is 1. The standard InChI is InChI=1S/C16H19BrN2O2/c1-3-11(2)19-15(20)8-9-16-18-10-14(21-16)12-4-6-13(17)7-5-12/h4-7,10-11H,3,8-9H2,1-2H3,(H,19,20)/t11-/m1/s1. The molecule has 0 saturated carbocycles. The van der Waals surface area contributed by atoms with Crippen LogP contribution in [0.25, 0.3) is 11.3 Å². The van der Waals surface area contributed by atoms with Crippen molar-refractivity contribution < 1.29 is 9.21 Å². The summed E-state index contributed by atoms with van der Waals surface area (Å²) in [6.07, 6.45) is 3.53. The summed E-state index contributed by atoms with van der Waals surface area (Å²) in [5.74, 6) is 1.35. The van der Waals surface area contributed by atoms with Gasteiger partial charge in [0.2, 0.25) is 5.91 Å². The number of nitrogens with zero attached hydrogens (tertiary/aromatic N) is 1. The second-order valence-electron chi connectivity index (χ2n) is 5.00. The van der Waals surface area contributed by atoms with E-state index in [0.717, 1.165) is 22.2 Å². The van der Waals surface area contributed by atoms with Crippen LogP contribution in [0.5, 0.6) is 0 Å². The summed E-state index contributed by atoms with van der Waals surface area (Å²) in [6, 6.07) is 8.04. The highest BCUT2D eigenvalue weighted by Gasteiger charge is 2.10. The molecule has 5 heteroatoms. The van der Waals surface area contributed by atoms with Crippen LogP contribution in [0.15, 0.2) is 39.4 Å². The summed E-state index contributed by atoms with van der Waals surface area (Å²) in [4.78, 5) is 15.9. The van der Waals surface area contributed by atoms with Gasteiger partial charge in [-0.15, -0.1) is 0 Å². The van der Waals surface area contributed by atoms with E-state index in [2.05, 4.69) is 26.2 Å². The molecular weight excluding hydrogens is 332 g/mol. The van der Waals surface area contributed by atoms with Gasteiger partial charge in [-0.25, -0.2) is 4.98 Å². The van der Waals surface area contributed by atoms with Crippen molar-refractivity contribution in [2.75, 3.05) is 0 Å². The fourth-order valence-corrected chi connectivity index (χ4v) is 2.11. The van der Waals surface area contributed by atoms with Crippen molar-refractivity contribution in [3.63, 3.8) is 0 Å². The molecule has 0 saturated heterocycles. The van der Waals surface area contributed by atoms with Crippen LogP contribution in [0.1, 0.15) is 32.6 Å². The number of nitrogens with one attached hydrogen (secondary N) is 1. The number of aromatic nitrogens is 1. The molecule has 0 bridgehead atoms. The van der Waals surface area contributed by atoms with Crippen LogP contribution in [0, 0.1) is 0 Å². The average Bonchev–Trinajstić information content (AvgIpc) is 2.94. The Balaban J connectivity index is 1.91. The van der Waals surface area contributed by atoms with Gasteiger partial charge in [-0.1, -0.05) is 35.0 Å². The minimum Gasteiger partial charge on any atom is -0.441 e. The molecule has 21 heavy (non-hydrogen) atoms. The average molecular weight is 351 g/mol. The fourth-order valence-electron chi connectivity index (χ4n) is 1.84. The molecule has 0 unspecified atom stereocenters. The van der Waals surface area contributed by atoms with Gasteiger partial charge in [-0.05, 0) is 25.5 Å². The molecule has 0 aliphatic heterocycles. The van der Waals surface area contributed by atoms with Gasteiger partial charge >= 0.3 is 0 Å². The molecule has 4 nitrogen and oxygen atoms in total. The minimum atomic E-state index is 0.0349. The zero-order valence-corrected chi connectivity index (χ0v) is 13.8. The van der Waals surface area contributed by atoms with Gasteiger partial charge in [0.15, 0.2) is 11.7 Å². The largest absolute Gasteiger partial charge is 0.441 e. The third-order valence-electron chi connectivity index (χ3n) is 3.27. The Kier molecular flexibility index (Phi) is 5.56. The summed E-state index contributed by atoms with van der Waals surface area (Å²) in [5.41, 5.74) is 0.973. The Bertz CT molecular complexity index is 593. The lowest BCUT2D eigenvalue weighted by molar-refractivity contribution is -0.121. The summed E-state index contributed by atoms with van der Waals surface area (Å²) < 4.78 is 6.71. The first kappa shape index (κ1) is 15.8. The Hall–Kier alpha value is -1.62. The quantitative estimate of drug-likeness (QED) is 0.857. The van der Waals surface area contributed by atoms with E-state index in [1.54, 1.807) is 6.20 Å². The third-order valence-corrected chi connectivity index (χ3v) is 3.80. The molecule has 1 heterocycles. The monoisotopic (exact) mass is 350 g/mol. The van der Waals surface area contributed by atoms with E-state index in [9.17, 15) is 4.79 Å². The number of oxazole rings is 1. The number of aryl methyl sites for hydroxylation is 1. The predicted molar refractivity (Wildman–Crippen MR) is 85.9 cm³/mol. The van der Waals surface area contributed by atoms with Crippen LogP contribution in [0.4, 0.5) is 0 Å². The highest BCUT2D eigenvalue weighted by atomic mass is 79.9. The normalized spacial score (nSPS) is 12.1. The molecule has 112 valence electrons. The second-order valence-corrected chi connectivity index (χ2v) is 5.92.